The number of aryl methyl sites for hydroxylation is 1. The van der Waals surface area contributed by atoms with Crippen LogP contribution in [0.4, 0.5) is 0 Å². The van der Waals surface area contributed by atoms with E-state index in [1.807, 2.05) is 6.92 Å². The maximum Gasteiger partial charge on any atom is 0.358 e. The Kier molecular flexibility index (Phi) is 2.46. The summed E-state index contributed by atoms with van der Waals surface area (Å²) < 4.78 is 5.55. The zero-order chi connectivity index (χ0) is 11.1. The van der Waals surface area contributed by atoms with E-state index in [-0.39, 0.29) is 12.1 Å². The summed E-state index contributed by atoms with van der Waals surface area (Å²) in [5, 5.41) is 2.70. The number of nitrogens with zero attached hydrogens (tertiary/aromatic N) is 1. The van der Waals surface area contributed by atoms with E-state index in [0.29, 0.717) is 11.6 Å². The Balaban J connectivity index is 1.65. The molecule has 2 aliphatic rings. The Morgan fingerprint density at radius 1 is 1.50 bits per heavy atom. The first-order valence-corrected chi connectivity index (χ1v) is 6.73. The molecule has 2 fully saturated rings. The SMILES string of the molecule is Cc1nc(C(=O)O[C@@H]2C[C@H]3CC[C@H]2C3)cs1. The molecule has 2 saturated carbocycles. The molecule has 86 valence electrons. The second-order valence-electron chi connectivity index (χ2n) is 4.87. The number of hydrogen-bond donors (Lipinski definition) is 0. The third-order valence-corrected chi connectivity index (χ3v) is 4.53. The van der Waals surface area contributed by atoms with Gasteiger partial charge in [0.05, 0.1) is 5.01 Å². The van der Waals surface area contributed by atoms with Gasteiger partial charge in [-0.1, -0.05) is 0 Å². The minimum Gasteiger partial charge on any atom is -0.457 e. The van der Waals surface area contributed by atoms with Gasteiger partial charge in [0.15, 0.2) is 5.69 Å². The van der Waals surface area contributed by atoms with E-state index < -0.39 is 0 Å². The molecular weight excluding hydrogens is 222 g/mol. The highest BCUT2D eigenvalue weighted by Crippen LogP contribution is 2.46. The Bertz CT molecular complexity index is 415. The van der Waals surface area contributed by atoms with Crippen LogP contribution in [0, 0.1) is 18.8 Å². The van der Waals surface area contributed by atoms with Gasteiger partial charge in [-0.25, -0.2) is 9.78 Å². The lowest BCUT2D eigenvalue weighted by Crippen LogP contribution is -2.24. The molecule has 0 amide bonds. The third kappa shape index (κ3) is 1.75. The largest absolute Gasteiger partial charge is 0.457 e. The monoisotopic (exact) mass is 237 g/mol. The van der Waals surface area contributed by atoms with Crippen molar-refractivity contribution < 1.29 is 9.53 Å². The smallest absolute Gasteiger partial charge is 0.358 e. The quantitative estimate of drug-likeness (QED) is 0.742. The van der Waals surface area contributed by atoms with Crippen molar-refractivity contribution in [2.45, 2.75) is 38.7 Å². The highest BCUT2D eigenvalue weighted by molar-refractivity contribution is 7.09. The molecule has 3 atom stereocenters. The van der Waals surface area contributed by atoms with Crippen molar-refractivity contribution in [2.75, 3.05) is 0 Å². The minimum atomic E-state index is -0.234. The van der Waals surface area contributed by atoms with E-state index in [4.69, 9.17) is 4.74 Å². The molecule has 0 saturated heterocycles. The molecule has 0 N–H and O–H groups in total. The van der Waals surface area contributed by atoms with E-state index >= 15 is 0 Å². The lowest BCUT2D eigenvalue weighted by atomic mass is 9.98. The molecule has 0 radical (unpaired) electrons. The van der Waals surface area contributed by atoms with Crippen molar-refractivity contribution in [3.63, 3.8) is 0 Å². The molecule has 1 aromatic heterocycles. The molecule has 1 aromatic rings. The number of esters is 1. The summed E-state index contributed by atoms with van der Waals surface area (Å²) >= 11 is 1.49. The zero-order valence-electron chi connectivity index (χ0n) is 9.31. The van der Waals surface area contributed by atoms with Gasteiger partial charge in [0.2, 0.25) is 0 Å². The van der Waals surface area contributed by atoms with Crippen molar-refractivity contribution in [1.82, 2.24) is 4.98 Å². The molecule has 0 aliphatic heterocycles. The van der Waals surface area contributed by atoms with Crippen LogP contribution in [0.15, 0.2) is 5.38 Å². The summed E-state index contributed by atoms with van der Waals surface area (Å²) in [5.74, 6) is 1.19. The van der Waals surface area contributed by atoms with Gasteiger partial charge in [-0.3, -0.25) is 0 Å². The van der Waals surface area contributed by atoms with E-state index in [2.05, 4.69) is 4.98 Å². The fraction of sp³-hybridized carbons (Fsp3) is 0.667. The van der Waals surface area contributed by atoms with E-state index in [1.54, 1.807) is 5.38 Å². The number of thiazole rings is 1. The second kappa shape index (κ2) is 3.84. The molecule has 3 nitrogen and oxygen atoms in total. The standard InChI is InChI=1S/C12H15NO2S/c1-7-13-10(6-16-7)12(14)15-11-5-8-2-3-9(11)4-8/h6,8-9,11H,2-5H2,1H3/t8-,9-,11+/m0/s1. The third-order valence-electron chi connectivity index (χ3n) is 3.76. The van der Waals surface area contributed by atoms with E-state index in [1.165, 1.54) is 30.6 Å². The number of aromatic nitrogens is 1. The molecule has 2 aliphatic carbocycles. The highest BCUT2D eigenvalue weighted by Gasteiger charge is 2.41. The highest BCUT2D eigenvalue weighted by atomic mass is 32.1. The summed E-state index contributed by atoms with van der Waals surface area (Å²) in [6, 6.07) is 0. The number of hydrogen-bond acceptors (Lipinski definition) is 4. The summed E-state index contributed by atoms with van der Waals surface area (Å²) in [4.78, 5) is 16.0. The summed E-state index contributed by atoms with van der Waals surface area (Å²) in [7, 11) is 0. The van der Waals surface area contributed by atoms with Crippen molar-refractivity contribution in [2.24, 2.45) is 11.8 Å². The van der Waals surface area contributed by atoms with Crippen molar-refractivity contribution >= 4 is 17.3 Å². The van der Waals surface area contributed by atoms with Crippen LogP contribution in [0.3, 0.4) is 0 Å². The maximum atomic E-state index is 11.8. The van der Waals surface area contributed by atoms with E-state index in [9.17, 15) is 4.79 Å². The molecule has 0 unspecified atom stereocenters. The Labute approximate surface area is 98.8 Å². The number of carbonyl (C=O) groups is 1. The Morgan fingerprint density at radius 2 is 2.38 bits per heavy atom. The van der Waals surface area contributed by atoms with Crippen LogP contribution >= 0.6 is 11.3 Å². The molecule has 0 aromatic carbocycles. The van der Waals surface area contributed by atoms with Gasteiger partial charge in [-0.2, -0.15) is 0 Å². The topological polar surface area (TPSA) is 39.2 Å². The van der Waals surface area contributed by atoms with Gasteiger partial charge in [0.1, 0.15) is 6.10 Å². The zero-order valence-corrected chi connectivity index (χ0v) is 10.1. The fourth-order valence-electron chi connectivity index (χ4n) is 2.99. The summed E-state index contributed by atoms with van der Waals surface area (Å²) in [6.07, 6.45) is 5.05. The fourth-order valence-corrected chi connectivity index (χ4v) is 3.57. The number of ether oxygens (including phenoxy) is 1. The van der Waals surface area contributed by atoms with Crippen LogP contribution in [0.5, 0.6) is 0 Å². The van der Waals surface area contributed by atoms with Crippen LogP contribution in [0.2, 0.25) is 0 Å². The number of carbonyl (C=O) groups excluding carboxylic acids is 1. The van der Waals surface area contributed by atoms with Crippen LogP contribution in [0.25, 0.3) is 0 Å². The van der Waals surface area contributed by atoms with Gasteiger partial charge >= 0.3 is 5.97 Å². The maximum absolute atomic E-state index is 11.8. The molecule has 3 rings (SSSR count). The predicted molar refractivity (Wildman–Crippen MR) is 61.5 cm³/mol. The molecule has 16 heavy (non-hydrogen) atoms. The predicted octanol–water partition coefficient (Wildman–Crippen LogP) is 2.80. The first-order chi connectivity index (χ1) is 7.72. The molecule has 2 bridgehead atoms. The molecular formula is C12H15NO2S. The Hall–Kier alpha value is -0.900. The van der Waals surface area contributed by atoms with Gasteiger partial charge in [-0.15, -0.1) is 11.3 Å². The van der Waals surface area contributed by atoms with Crippen LogP contribution in [0.1, 0.15) is 41.2 Å². The Morgan fingerprint density at radius 3 is 2.94 bits per heavy atom. The minimum absolute atomic E-state index is 0.160. The average molecular weight is 237 g/mol. The normalized spacial score (nSPS) is 31.9. The van der Waals surface area contributed by atoms with Crippen LogP contribution in [-0.4, -0.2) is 17.1 Å². The lowest BCUT2D eigenvalue weighted by molar-refractivity contribution is 0.0153. The van der Waals surface area contributed by atoms with Gasteiger partial charge in [0.25, 0.3) is 0 Å². The molecule has 0 spiro atoms. The van der Waals surface area contributed by atoms with Gasteiger partial charge in [0, 0.05) is 5.38 Å². The average Bonchev–Trinajstić information content (AvgIpc) is 2.92. The van der Waals surface area contributed by atoms with Crippen molar-refractivity contribution in [3.8, 4) is 0 Å². The molecule has 4 heteroatoms. The van der Waals surface area contributed by atoms with Gasteiger partial charge < -0.3 is 4.74 Å². The van der Waals surface area contributed by atoms with Crippen LogP contribution < -0.4 is 0 Å². The lowest BCUT2D eigenvalue weighted by Gasteiger charge is -2.21. The molecule has 1 heterocycles. The summed E-state index contributed by atoms with van der Waals surface area (Å²) in [5.41, 5.74) is 0.477. The second-order valence-corrected chi connectivity index (χ2v) is 5.93. The van der Waals surface area contributed by atoms with Gasteiger partial charge in [-0.05, 0) is 44.4 Å². The van der Waals surface area contributed by atoms with Crippen molar-refractivity contribution in [1.29, 1.82) is 0 Å². The summed E-state index contributed by atoms with van der Waals surface area (Å²) in [6.45, 7) is 1.90. The number of fused-ring (bicyclic) bond motifs is 2. The first-order valence-electron chi connectivity index (χ1n) is 5.85. The van der Waals surface area contributed by atoms with Crippen molar-refractivity contribution in [3.05, 3.63) is 16.1 Å². The van der Waals surface area contributed by atoms with Crippen LogP contribution in [-0.2, 0) is 4.74 Å². The van der Waals surface area contributed by atoms with E-state index in [0.717, 1.165) is 17.3 Å². The first kappa shape index (κ1) is 10.3. The number of rotatable bonds is 2.